The summed E-state index contributed by atoms with van der Waals surface area (Å²) in [6, 6.07) is 21.4. The molecular weight excluding hydrogens is 444 g/mol. The van der Waals surface area contributed by atoms with Gasteiger partial charge in [-0.25, -0.2) is 0 Å². The summed E-state index contributed by atoms with van der Waals surface area (Å²) in [7, 11) is 0. The predicted octanol–water partition coefficient (Wildman–Crippen LogP) is 3.04. The largest absolute Gasteiger partial charge is 0.481 e. The highest BCUT2D eigenvalue weighted by Gasteiger charge is 2.31. The number of hydrogen-bond donors (Lipinski definition) is 4. The summed E-state index contributed by atoms with van der Waals surface area (Å²) in [4.78, 5) is 39.1. The van der Waals surface area contributed by atoms with Crippen molar-refractivity contribution in [1.29, 1.82) is 0 Å². The minimum Gasteiger partial charge on any atom is -0.481 e. The van der Waals surface area contributed by atoms with E-state index in [-0.39, 0.29) is 18.2 Å². The standard InChI is InChI=1S/C27H28N4O4/c28-22-10-6-19(7-11-22)16-29-26(34)20-8-9-21-17-31(13-12-18-4-2-1-3-5-18)27(35)24(15-25(32)33)30-23(21)14-20/h1-11,14,24,30H,12-13,15-17,28H2,(H,29,34)(H,32,33)/t24-/m1/s1. The number of carboxylic acids is 1. The zero-order valence-electron chi connectivity index (χ0n) is 19.2. The lowest BCUT2D eigenvalue weighted by atomic mass is 10.1. The van der Waals surface area contributed by atoms with Crippen molar-refractivity contribution in [3.8, 4) is 0 Å². The molecule has 35 heavy (non-hydrogen) atoms. The van der Waals surface area contributed by atoms with Crippen molar-refractivity contribution in [2.75, 3.05) is 17.6 Å². The van der Waals surface area contributed by atoms with Gasteiger partial charge in [-0.3, -0.25) is 14.4 Å². The number of carboxylic acid groups (broad SMARTS) is 1. The molecule has 4 rings (SSSR count). The Labute approximate surface area is 203 Å². The Balaban J connectivity index is 1.51. The van der Waals surface area contributed by atoms with Gasteiger partial charge in [0.05, 0.1) is 6.42 Å². The minimum absolute atomic E-state index is 0.266. The highest BCUT2D eigenvalue weighted by atomic mass is 16.4. The highest BCUT2D eigenvalue weighted by molar-refractivity contribution is 5.96. The van der Waals surface area contributed by atoms with Gasteiger partial charge in [0, 0.05) is 36.6 Å². The molecule has 1 aliphatic rings. The fourth-order valence-electron chi connectivity index (χ4n) is 4.07. The summed E-state index contributed by atoms with van der Waals surface area (Å²) in [5, 5.41) is 15.3. The zero-order chi connectivity index (χ0) is 24.8. The lowest BCUT2D eigenvalue weighted by Crippen LogP contribution is -2.42. The second kappa shape index (κ2) is 10.7. The molecule has 0 saturated heterocycles. The van der Waals surface area contributed by atoms with Gasteiger partial charge in [0.15, 0.2) is 0 Å². The monoisotopic (exact) mass is 472 g/mol. The molecule has 0 unspecified atom stereocenters. The Morgan fingerprint density at radius 2 is 1.77 bits per heavy atom. The number of benzene rings is 3. The molecule has 3 aromatic carbocycles. The Morgan fingerprint density at radius 3 is 2.49 bits per heavy atom. The number of hydrogen-bond acceptors (Lipinski definition) is 5. The van der Waals surface area contributed by atoms with Gasteiger partial charge < -0.3 is 26.4 Å². The third kappa shape index (κ3) is 6.17. The van der Waals surface area contributed by atoms with Crippen molar-refractivity contribution < 1.29 is 19.5 Å². The molecular formula is C27H28N4O4. The van der Waals surface area contributed by atoms with Gasteiger partial charge in [-0.05, 0) is 47.4 Å². The van der Waals surface area contributed by atoms with Gasteiger partial charge in [-0.15, -0.1) is 0 Å². The Kier molecular flexibility index (Phi) is 7.30. The van der Waals surface area contributed by atoms with Crippen molar-refractivity contribution in [2.45, 2.75) is 32.0 Å². The normalized spacial score (nSPS) is 15.0. The second-order valence-corrected chi connectivity index (χ2v) is 8.59. The summed E-state index contributed by atoms with van der Waals surface area (Å²) < 4.78 is 0. The van der Waals surface area contributed by atoms with Crippen molar-refractivity contribution >= 4 is 29.2 Å². The first kappa shape index (κ1) is 23.8. The summed E-state index contributed by atoms with van der Waals surface area (Å²) in [5.41, 5.74) is 10.2. The molecule has 0 fully saturated rings. The predicted molar refractivity (Wildman–Crippen MR) is 134 cm³/mol. The summed E-state index contributed by atoms with van der Waals surface area (Å²) >= 11 is 0. The molecule has 0 saturated carbocycles. The zero-order valence-corrected chi connectivity index (χ0v) is 19.2. The van der Waals surface area contributed by atoms with E-state index in [9.17, 15) is 19.5 Å². The maximum atomic E-state index is 13.2. The number of fused-ring (bicyclic) bond motifs is 1. The summed E-state index contributed by atoms with van der Waals surface area (Å²) in [6.45, 7) is 1.14. The van der Waals surface area contributed by atoms with Gasteiger partial charge in [-0.2, -0.15) is 0 Å². The number of aliphatic carboxylic acids is 1. The van der Waals surface area contributed by atoms with Crippen molar-refractivity contribution in [2.24, 2.45) is 0 Å². The molecule has 8 heteroatoms. The molecule has 1 heterocycles. The van der Waals surface area contributed by atoms with Crippen molar-refractivity contribution in [3.05, 3.63) is 95.1 Å². The van der Waals surface area contributed by atoms with Crippen LogP contribution in [0.15, 0.2) is 72.8 Å². The minimum atomic E-state index is -1.07. The van der Waals surface area contributed by atoms with Gasteiger partial charge >= 0.3 is 5.97 Å². The van der Waals surface area contributed by atoms with E-state index in [1.807, 2.05) is 48.5 Å². The summed E-state index contributed by atoms with van der Waals surface area (Å²) in [6.07, 6.45) is 0.307. The topological polar surface area (TPSA) is 125 Å². The van der Waals surface area contributed by atoms with E-state index in [1.54, 1.807) is 29.2 Å². The first-order chi connectivity index (χ1) is 16.9. The van der Waals surface area contributed by atoms with Crippen molar-refractivity contribution in [3.63, 3.8) is 0 Å². The lowest BCUT2D eigenvalue weighted by Gasteiger charge is -2.24. The Morgan fingerprint density at radius 1 is 1.03 bits per heavy atom. The molecule has 0 bridgehead atoms. The number of rotatable bonds is 8. The Hall–Kier alpha value is -4.33. The van der Waals surface area contributed by atoms with Crippen LogP contribution >= 0.6 is 0 Å². The molecule has 8 nitrogen and oxygen atoms in total. The first-order valence-corrected chi connectivity index (χ1v) is 11.5. The number of carbonyl (C=O) groups excluding carboxylic acids is 2. The highest BCUT2D eigenvalue weighted by Crippen LogP contribution is 2.26. The van der Waals surface area contributed by atoms with E-state index in [4.69, 9.17) is 5.73 Å². The quantitative estimate of drug-likeness (QED) is 0.374. The number of carbonyl (C=O) groups is 3. The van der Waals surface area contributed by atoms with Crippen LogP contribution in [-0.4, -0.2) is 40.4 Å². The fourth-order valence-corrected chi connectivity index (χ4v) is 4.07. The molecule has 0 spiro atoms. The third-order valence-corrected chi connectivity index (χ3v) is 6.00. The molecule has 3 aromatic rings. The average molecular weight is 473 g/mol. The molecule has 0 radical (unpaired) electrons. The maximum absolute atomic E-state index is 13.2. The lowest BCUT2D eigenvalue weighted by molar-refractivity contribution is -0.141. The van der Waals surface area contributed by atoms with E-state index in [2.05, 4.69) is 10.6 Å². The van der Waals surface area contributed by atoms with E-state index < -0.39 is 12.0 Å². The van der Waals surface area contributed by atoms with Crippen LogP contribution in [0.3, 0.4) is 0 Å². The van der Waals surface area contributed by atoms with Crippen LogP contribution in [-0.2, 0) is 29.1 Å². The second-order valence-electron chi connectivity index (χ2n) is 8.59. The van der Waals surface area contributed by atoms with E-state index >= 15 is 0 Å². The Bertz CT molecular complexity index is 1210. The van der Waals surface area contributed by atoms with Crippen LogP contribution in [0.25, 0.3) is 0 Å². The van der Waals surface area contributed by atoms with Crippen LogP contribution in [0.2, 0.25) is 0 Å². The smallest absolute Gasteiger partial charge is 0.305 e. The van der Waals surface area contributed by atoms with Gasteiger partial charge in [0.1, 0.15) is 6.04 Å². The number of anilines is 2. The molecule has 5 N–H and O–H groups in total. The van der Waals surface area contributed by atoms with Crippen LogP contribution < -0.4 is 16.4 Å². The molecule has 1 atom stereocenters. The van der Waals surface area contributed by atoms with Crippen molar-refractivity contribution in [1.82, 2.24) is 10.2 Å². The average Bonchev–Trinajstić information content (AvgIpc) is 2.98. The number of nitrogens with one attached hydrogen (secondary N) is 2. The molecule has 0 aliphatic carbocycles. The maximum Gasteiger partial charge on any atom is 0.305 e. The molecule has 0 aromatic heterocycles. The molecule has 2 amide bonds. The van der Waals surface area contributed by atoms with Gasteiger partial charge in [0.2, 0.25) is 5.91 Å². The number of nitrogens with zero attached hydrogens (tertiary/aromatic N) is 1. The fraction of sp³-hybridized carbons (Fsp3) is 0.222. The number of amides is 2. The van der Waals surface area contributed by atoms with Crippen LogP contribution in [0, 0.1) is 0 Å². The molecule has 180 valence electrons. The van der Waals surface area contributed by atoms with Crippen LogP contribution in [0.4, 0.5) is 11.4 Å². The summed E-state index contributed by atoms with van der Waals surface area (Å²) in [5.74, 6) is -1.61. The van der Waals surface area contributed by atoms with Gasteiger partial charge in [0.25, 0.3) is 5.91 Å². The van der Waals surface area contributed by atoms with E-state index in [1.165, 1.54) is 0 Å². The van der Waals surface area contributed by atoms with Gasteiger partial charge in [-0.1, -0.05) is 48.5 Å². The SMILES string of the molecule is Nc1ccc(CNC(=O)c2ccc3c(c2)N[C@H](CC(=O)O)C(=O)N(CCc2ccccc2)C3)cc1. The van der Waals surface area contributed by atoms with E-state index in [0.717, 1.165) is 16.7 Å². The molecule has 1 aliphatic heterocycles. The number of nitrogen functional groups attached to an aromatic ring is 1. The van der Waals surface area contributed by atoms with Crippen LogP contribution in [0.1, 0.15) is 33.5 Å². The van der Waals surface area contributed by atoms with E-state index in [0.29, 0.717) is 43.0 Å². The van der Waals surface area contributed by atoms with Crippen LogP contribution in [0.5, 0.6) is 0 Å². The first-order valence-electron chi connectivity index (χ1n) is 11.5. The number of nitrogens with two attached hydrogens (primary N) is 1. The third-order valence-electron chi connectivity index (χ3n) is 6.00.